The van der Waals surface area contributed by atoms with Crippen LogP contribution in [-0.2, 0) is 9.59 Å². The maximum atomic E-state index is 11.1. The van der Waals surface area contributed by atoms with Crippen LogP contribution in [0, 0.1) is 5.92 Å². The first-order valence-electron chi connectivity index (χ1n) is 3.67. The van der Waals surface area contributed by atoms with Crippen molar-refractivity contribution >= 4 is 22.7 Å². The first-order valence-corrected chi connectivity index (χ1v) is 4.66. The predicted molar refractivity (Wildman–Crippen MR) is 47.0 cm³/mol. The molecule has 0 atom stereocenters. The van der Waals surface area contributed by atoms with Crippen LogP contribution >= 0.6 is 11.8 Å². The number of carbonyl (C=O) groups excluding carboxylic acids is 2. The lowest BCUT2D eigenvalue weighted by molar-refractivity contribution is -0.115. The quantitative estimate of drug-likeness (QED) is 0.381. The van der Waals surface area contributed by atoms with Gasteiger partial charge in [0.05, 0.1) is 5.75 Å². The van der Waals surface area contributed by atoms with Crippen molar-refractivity contribution < 1.29 is 14.7 Å². The molecule has 0 aromatic heterocycles. The fourth-order valence-corrected chi connectivity index (χ4v) is 1.69. The highest BCUT2D eigenvalue weighted by molar-refractivity contribution is 8.15. The van der Waals surface area contributed by atoms with Crippen LogP contribution in [0.15, 0.2) is 11.3 Å². The van der Waals surface area contributed by atoms with E-state index in [2.05, 4.69) is 0 Å². The van der Waals surface area contributed by atoms with E-state index in [0.717, 1.165) is 11.8 Å². The Hall–Kier alpha value is -0.770. The maximum Gasteiger partial charge on any atom is 0.226 e. The summed E-state index contributed by atoms with van der Waals surface area (Å²) in [6.07, 6.45) is 0. The van der Waals surface area contributed by atoms with E-state index in [1.165, 1.54) is 0 Å². The minimum Gasteiger partial charge on any atom is -0.511 e. The van der Waals surface area contributed by atoms with Gasteiger partial charge in [0, 0.05) is 5.92 Å². The topological polar surface area (TPSA) is 54.4 Å². The van der Waals surface area contributed by atoms with Gasteiger partial charge < -0.3 is 5.11 Å². The summed E-state index contributed by atoms with van der Waals surface area (Å²) in [6.45, 7) is 3.48. The van der Waals surface area contributed by atoms with Crippen LogP contribution in [0.3, 0.4) is 0 Å². The number of aliphatic hydroxyl groups is 1. The van der Waals surface area contributed by atoms with E-state index in [-0.39, 0.29) is 33.9 Å². The summed E-state index contributed by atoms with van der Waals surface area (Å²) in [5.41, 5.74) is -0.00463. The van der Waals surface area contributed by atoms with Gasteiger partial charge >= 0.3 is 0 Å². The number of aliphatic hydroxyl groups excluding tert-OH is 1. The van der Waals surface area contributed by atoms with Crippen molar-refractivity contribution in [1.29, 1.82) is 0 Å². The third-order valence-electron chi connectivity index (χ3n) is 1.62. The lowest BCUT2D eigenvalue weighted by Crippen LogP contribution is -2.08. The zero-order valence-electron chi connectivity index (χ0n) is 6.96. The number of rotatable bonds is 1. The lowest BCUT2D eigenvalue weighted by atomic mass is 10.1. The largest absolute Gasteiger partial charge is 0.511 e. The molecule has 0 aliphatic carbocycles. The first-order chi connectivity index (χ1) is 5.54. The average Bonchev–Trinajstić information content (AvgIpc) is 2.30. The summed E-state index contributed by atoms with van der Waals surface area (Å²) in [4.78, 5) is 22.1. The van der Waals surface area contributed by atoms with Crippen LogP contribution in [0.1, 0.15) is 13.8 Å². The number of hydrogen-bond donors (Lipinski definition) is 1. The molecule has 1 saturated heterocycles. The van der Waals surface area contributed by atoms with Crippen LogP contribution in [0.4, 0.5) is 0 Å². The summed E-state index contributed by atoms with van der Waals surface area (Å²) in [5.74, 6) is -0.317. The minimum atomic E-state index is -0.300. The Kier molecular flexibility index (Phi) is 2.57. The number of allylic oxidation sites excluding steroid dienone is 1. The normalized spacial score (nSPS) is 22.2. The third kappa shape index (κ3) is 1.53. The summed E-state index contributed by atoms with van der Waals surface area (Å²) in [7, 11) is 0. The monoisotopic (exact) mass is 186 g/mol. The molecule has 0 bridgehead atoms. The van der Waals surface area contributed by atoms with Gasteiger partial charge in [0.15, 0.2) is 5.78 Å². The van der Waals surface area contributed by atoms with Gasteiger partial charge in [-0.15, -0.1) is 0 Å². The van der Waals surface area contributed by atoms with Crippen LogP contribution < -0.4 is 0 Å². The Bertz CT molecular complexity index is 247. The highest BCUT2D eigenvalue weighted by Gasteiger charge is 2.31. The number of carbonyl (C=O) groups is 2. The number of thioether (sulfide) groups is 1. The predicted octanol–water partition coefficient (Wildman–Crippen LogP) is 1.30. The second kappa shape index (κ2) is 3.31. The Labute approximate surface area is 74.8 Å². The SMILES string of the molecule is CC(C)/C(O)=C1/C(=O)CSC1=O. The van der Waals surface area contributed by atoms with Crippen molar-refractivity contribution in [3.8, 4) is 0 Å². The molecule has 1 N–H and O–H groups in total. The zero-order chi connectivity index (χ0) is 9.30. The second-order valence-electron chi connectivity index (χ2n) is 2.91. The molecule has 3 nitrogen and oxygen atoms in total. The van der Waals surface area contributed by atoms with Crippen molar-refractivity contribution in [2.75, 3.05) is 5.75 Å². The van der Waals surface area contributed by atoms with E-state index in [1.807, 2.05) is 0 Å². The van der Waals surface area contributed by atoms with Crippen molar-refractivity contribution in [2.45, 2.75) is 13.8 Å². The molecule has 0 saturated carbocycles. The maximum absolute atomic E-state index is 11.1. The third-order valence-corrected chi connectivity index (χ3v) is 2.49. The van der Waals surface area contributed by atoms with Crippen LogP contribution in [0.2, 0.25) is 0 Å². The fraction of sp³-hybridized carbons (Fsp3) is 0.500. The smallest absolute Gasteiger partial charge is 0.226 e. The molecule has 0 aromatic carbocycles. The molecule has 1 aliphatic rings. The first kappa shape index (κ1) is 9.32. The average molecular weight is 186 g/mol. The van der Waals surface area contributed by atoms with E-state index in [1.54, 1.807) is 13.8 Å². The Morgan fingerprint density at radius 3 is 2.42 bits per heavy atom. The fourth-order valence-electron chi connectivity index (χ4n) is 0.925. The molecular weight excluding hydrogens is 176 g/mol. The van der Waals surface area contributed by atoms with Gasteiger partial charge in [-0.3, -0.25) is 9.59 Å². The van der Waals surface area contributed by atoms with E-state index < -0.39 is 0 Å². The van der Waals surface area contributed by atoms with E-state index in [0.29, 0.717) is 0 Å². The minimum absolute atomic E-state index is 0.00463. The summed E-state index contributed by atoms with van der Waals surface area (Å²) in [5, 5.41) is 9.09. The van der Waals surface area contributed by atoms with Crippen LogP contribution in [0.25, 0.3) is 0 Å². The lowest BCUT2D eigenvalue weighted by Gasteiger charge is -2.04. The highest BCUT2D eigenvalue weighted by atomic mass is 32.2. The Balaban J connectivity index is 3.06. The summed E-state index contributed by atoms with van der Waals surface area (Å²) >= 11 is 0.953. The van der Waals surface area contributed by atoms with E-state index in [4.69, 9.17) is 0 Å². The molecule has 0 radical (unpaired) electrons. The Morgan fingerprint density at radius 2 is 2.08 bits per heavy atom. The van der Waals surface area contributed by atoms with Crippen LogP contribution in [0.5, 0.6) is 0 Å². The summed E-state index contributed by atoms with van der Waals surface area (Å²) in [6, 6.07) is 0. The number of ketones is 1. The molecule has 0 amide bonds. The standard InChI is InChI=1S/C8H10O3S/c1-4(2)7(10)6-5(9)3-12-8(6)11/h4,10H,3H2,1-2H3/b7-6+. The zero-order valence-corrected chi connectivity index (χ0v) is 7.77. The molecule has 1 rings (SSSR count). The van der Waals surface area contributed by atoms with Gasteiger partial charge in [-0.1, -0.05) is 25.6 Å². The van der Waals surface area contributed by atoms with Crippen molar-refractivity contribution in [2.24, 2.45) is 5.92 Å². The van der Waals surface area contributed by atoms with Gasteiger partial charge in [-0.25, -0.2) is 0 Å². The van der Waals surface area contributed by atoms with Crippen molar-refractivity contribution in [3.05, 3.63) is 11.3 Å². The molecule has 0 unspecified atom stereocenters. The molecule has 1 aliphatic heterocycles. The van der Waals surface area contributed by atoms with Crippen molar-refractivity contribution in [3.63, 3.8) is 0 Å². The van der Waals surface area contributed by atoms with E-state index >= 15 is 0 Å². The highest BCUT2D eigenvalue weighted by Crippen LogP contribution is 2.26. The molecule has 0 spiro atoms. The molecule has 1 heterocycles. The molecule has 1 fully saturated rings. The van der Waals surface area contributed by atoms with Crippen LogP contribution in [-0.4, -0.2) is 21.8 Å². The van der Waals surface area contributed by atoms with Gasteiger partial charge in [-0.05, 0) is 0 Å². The van der Waals surface area contributed by atoms with Gasteiger partial charge in [0.25, 0.3) is 0 Å². The van der Waals surface area contributed by atoms with Gasteiger partial charge in [0.1, 0.15) is 11.3 Å². The Morgan fingerprint density at radius 1 is 1.50 bits per heavy atom. The molecule has 0 aromatic rings. The second-order valence-corrected chi connectivity index (χ2v) is 3.86. The molecule has 66 valence electrons. The molecular formula is C8H10O3S. The number of hydrogen-bond acceptors (Lipinski definition) is 4. The van der Waals surface area contributed by atoms with Gasteiger partial charge in [0.2, 0.25) is 5.12 Å². The number of Topliss-reactive ketones (excluding diaryl/α,β-unsaturated/α-hetero) is 1. The van der Waals surface area contributed by atoms with Gasteiger partial charge in [-0.2, -0.15) is 0 Å². The molecule has 12 heavy (non-hydrogen) atoms. The molecule has 4 heteroatoms. The van der Waals surface area contributed by atoms with Crippen molar-refractivity contribution in [1.82, 2.24) is 0 Å². The van der Waals surface area contributed by atoms with E-state index in [9.17, 15) is 14.7 Å². The summed E-state index contributed by atoms with van der Waals surface area (Å²) < 4.78 is 0.